The molecule has 0 bridgehead atoms. The zero-order valence-electron chi connectivity index (χ0n) is 14.0. The predicted octanol–water partition coefficient (Wildman–Crippen LogP) is 2.20. The number of carbonyl (C=O) groups excluding carboxylic acids is 2. The van der Waals surface area contributed by atoms with Crippen LogP contribution in [0.2, 0.25) is 5.02 Å². The molecule has 2 heterocycles. The van der Waals surface area contributed by atoms with Gasteiger partial charge in [0.15, 0.2) is 0 Å². The van der Waals surface area contributed by atoms with Crippen molar-refractivity contribution in [1.82, 2.24) is 10.6 Å². The number of nitrogens with zero attached hydrogens (tertiary/aromatic N) is 1. The molecular formula is C18H24ClN3O2. The van der Waals surface area contributed by atoms with Gasteiger partial charge in [0, 0.05) is 23.8 Å². The molecule has 2 saturated heterocycles. The Morgan fingerprint density at radius 1 is 1.42 bits per heavy atom. The molecule has 6 heteroatoms. The van der Waals surface area contributed by atoms with E-state index in [-0.39, 0.29) is 17.2 Å². The molecule has 24 heavy (non-hydrogen) atoms. The minimum Gasteiger partial charge on any atom is -0.355 e. The van der Waals surface area contributed by atoms with Crippen LogP contribution in [0.25, 0.3) is 0 Å². The zero-order chi connectivity index (χ0) is 17.2. The second-order valence-electron chi connectivity index (χ2n) is 7.09. The van der Waals surface area contributed by atoms with Crippen molar-refractivity contribution in [2.75, 3.05) is 31.1 Å². The van der Waals surface area contributed by atoms with Crippen LogP contribution in [0.1, 0.15) is 26.2 Å². The summed E-state index contributed by atoms with van der Waals surface area (Å²) < 4.78 is 0. The molecule has 1 aromatic carbocycles. The van der Waals surface area contributed by atoms with Crippen LogP contribution >= 0.6 is 11.6 Å². The number of anilines is 1. The Labute approximate surface area is 147 Å². The highest BCUT2D eigenvalue weighted by atomic mass is 35.5. The maximum absolute atomic E-state index is 12.6. The Balaban J connectivity index is 1.59. The molecule has 2 amide bonds. The Bertz CT molecular complexity index is 628. The lowest BCUT2D eigenvalue weighted by molar-refractivity contribution is -0.132. The molecule has 130 valence electrons. The third-order valence-corrected chi connectivity index (χ3v) is 5.38. The highest BCUT2D eigenvalue weighted by molar-refractivity contribution is 6.31. The summed E-state index contributed by atoms with van der Waals surface area (Å²) in [4.78, 5) is 26.7. The van der Waals surface area contributed by atoms with E-state index in [0.29, 0.717) is 24.5 Å². The lowest BCUT2D eigenvalue weighted by Gasteiger charge is -2.34. The first-order chi connectivity index (χ1) is 11.5. The van der Waals surface area contributed by atoms with Crippen molar-refractivity contribution in [3.05, 3.63) is 29.3 Å². The fourth-order valence-corrected chi connectivity index (χ4v) is 3.64. The van der Waals surface area contributed by atoms with Crippen molar-refractivity contribution >= 4 is 29.1 Å². The van der Waals surface area contributed by atoms with Crippen LogP contribution in [0.5, 0.6) is 0 Å². The van der Waals surface area contributed by atoms with Crippen molar-refractivity contribution in [3.8, 4) is 0 Å². The first kappa shape index (κ1) is 17.2. The maximum Gasteiger partial charge on any atom is 0.239 e. The van der Waals surface area contributed by atoms with E-state index >= 15 is 0 Å². The monoisotopic (exact) mass is 349 g/mol. The number of halogens is 1. The quantitative estimate of drug-likeness (QED) is 0.819. The number of hydrogen-bond donors (Lipinski definition) is 2. The molecule has 1 aromatic rings. The summed E-state index contributed by atoms with van der Waals surface area (Å²) in [7, 11) is 0. The van der Waals surface area contributed by atoms with Gasteiger partial charge >= 0.3 is 0 Å². The standard InChI is InChI=1S/C18H24ClN3O2/c1-18(6-8-20-9-7-18)12-21-16(23)15-5-10-22(17(15)24)14-4-2-3-13(19)11-14/h2-4,11,15,20H,5-10,12H2,1H3,(H,21,23). The average molecular weight is 350 g/mol. The van der Waals surface area contributed by atoms with Crippen LogP contribution in [-0.2, 0) is 9.59 Å². The van der Waals surface area contributed by atoms with Crippen LogP contribution in [0.3, 0.4) is 0 Å². The summed E-state index contributed by atoms with van der Waals surface area (Å²) in [6.45, 7) is 5.35. The van der Waals surface area contributed by atoms with Gasteiger partial charge in [-0.3, -0.25) is 9.59 Å². The van der Waals surface area contributed by atoms with Crippen molar-refractivity contribution in [3.63, 3.8) is 0 Å². The maximum atomic E-state index is 12.6. The van der Waals surface area contributed by atoms with E-state index in [1.54, 1.807) is 17.0 Å². The van der Waals surface area contributed by atoms with Gasteiger partial charge in [0.05, 0.1) is 0 Å². The predicted molar refractivity (Wildman–Crippen MR) is 95.1 cm³/mol. The van der Waals surface area contributed by atoms with E-state index in [9.17, 15) is 9.59 Å². The third kappa shape index (κ3) is 3.73. The highest BCUT2D eigenvalue weighted by Gasteiger charge is 2.38. The number of rotatable bonds is 4. The lowest BCUT2D eigenvalue weighted by Crippen LogP contribution is -2.45. The number of carbonyl (C=O) groups is 2. The van der Waals surface area contributed by atoms with Crippen molar-refractivity contribution in [2.24, 2.45) is 11.3 Å². The number of benzene rings is 1. The third-order valence-electron chi connectivity index (χ3n) is 5.14. The van der Waals surface area contributed by atoms with Crippen LogP contribution in [0.15, 0.2) is 24.3 Å². The normalized spacial score (nSPS) is 23.3. The van der Waals surface area contributed by atoms with E-state index in [0.717, 1.165) is 31.6 Å². The van der Waals surface area contributed by atoms with E-state index in [4.69, 9.17) is 11.6 Å². The van der Waals surface area contributed by atoms with E-state index in [1.807, 2.05) is 12.1 Å². The number of hydrogen-bond acceptors (Lipinski definition) is 3. The van der Waals surface area contributed by atoms with Crippen LogP contribution < -0.4 is 15.5 Å². The van der Waals surface area contributed by atoms with Gasteiger partial charge in [0.1, 0.15) is 5.92 Å². The summed E-state index contributed by atoms with van der Waals surface area (Å²) in [5.74, 6) is -0.871. The number of piperidine rings is 1. The molecule has 0 saturated carbocycles. The first-order valence-electron chi connectivity index (χ1n) is 8.54. The molecule has 2 aliphatic rings. The van der Waals surface area contributed by atoms with Gasteiger partial charge in [-0.2, -0.15) is 0 Å². The van der Waals surface area contributed by atoms with Gasteiger partial charge in [0.2, 0.25) is 11.8 Å². The second-order valence-corrected chi connectivity index (χ2v) is 7.53. The zero-order valence-corrected chi connectivity index (χ0v) is 14.7. The van der Waals surface area contributed by atoms with Gasteiger partial charge in [-0.1, -0.05) is 24.6 Å². The smallest absolute Gasteiger partial charge is 0.239 e. The Morgan fingerprint density at radius 2 is 2.17 bits per heavy atom. The largest absolute Gasteiger partial charge is 0.355 e. The molecule has 3 rings (SSSR count). The molecule has 0 aliphatic carbocycles. The van der Waals surface area contributed by atoms with Crippen molar-refractivity contribution in [2.45, 2.75) is 26.2 Å². The Morgan fingerprint density at radius 3 is 2.88 bits per heavy atom. The topological polar surface area (TPSA) is 61.4 Å². The molecule has 0 radical (unpaired) electrons. The van der Waals surface area contributed by atoms with Gasteiger partial charge in [-0.05, 0) is 56.0 Å². The van der Waals surface area contributed by atoms with Gasteiger partial charge in [-0.15, -0.1) is 0 Å². The molecule has 2 fully saturated rings. The summed E-state index contributed by atoms with van der Waals surface area (Å²) in [5, 5.41) is 6.93. The molecule has 2 aliphatic heterocycles. The first-order valence-corrected chi connectivity index (χ1v) is 8.92. The average Bonchev–Trinajstić information content (AvgIpc) is 2.95. The molecule has 0 spiro atoms. The van der Waals surface area contributed by atoms with E-state index in [1.165, 1.54) is 0 Å². The molecule has 5 nitrogen and oxygen atoms in total. The molecular weight excluding hydrogens is 326 g/mol. The summed E-state index contributed by atoms with van der Waals surface area (Å²) in [5.41, 5.74) is 0.878. The summed E-state index contributed by atoms with van der Waals surface area (Å²) >= 11 is 6.00. The fourth-order valence-electron chi connectivity index (χ4n) is 3.45. The minimum absolute atomic E-state index is 0.120. The minimum atomic E-state index is -0.589. The van der Waals surface area contributed by atoms with Crippen molar-refractivity contribution in [1.29, 1.82) is 0 Å². The van der Waals surface area contributed by atoms with E-state index < -0.39 is 5.92 Å². The SMILES string of the molecule is CC1(CNC(=O)C2CCN(c3cccc(Cl)c3)C2=O)CCNCC1. The van der Waals surface area contributed by atoms with Crippen LogP contribution in [0, 0.1) is 11.3 Å². The Hall–Kier alpha value is -1.59. The second kappa shape index (κ2) is 7.11. The number of nitrogens with one attached hydrogen (secondary N) is 2. The Kier molecular flexibility index (Phi) is 5.11. The van der Waals surface area contributed by atoms with E-state index in [2.05, 4.69) is 17.6 Å². The van der Waals surface area contributed by atoms with Gasteiger partial charge < -0.3 is 15.5 Å². The van der Waals surface area contributed by atoms with Crippen molar-refractivity contribution < 1.29 is 9.59 Å². The van der Waals surface area contributed by atoms with Crippen LogP contribution in [-0.4, -0.2) is 38.0 Å². The molecule has 1 unspecified atom stereocenters. The highest BCUT2D eigenvalue weighted by Crippen LogP contribution is 2.29. The lowest BCUT2D eigenvalue weighted by atomic mass is 9.81. The van der Waals surface area contributed by atoms with Gasteiger partial charge in [0.25, 0.3) is 0 Å². The van der Waals surface area contributed by atoms with Crippen LogP contribution in [0.4, 0.5) is 5.69 Å². The number of amides is 2. The molecule has 2 N–H and O–H groups in total. The van der Waals surface area contributed by atoms with Gasteiger partial charge in [-0.25, -0.2) is 0 Å². The summed E-state index contributed by atoms with van der Waals surface area (Å²) in [6, 6.07) is 7.20. The molecule has 0 aromatic heterocycles. The summed E-state index contributed by atoms with van der Waals surface area (Å²) in [6.07, 6.45) is 2.64. The molecule has 1 atom stereocenters. The fraction of sp³-hybridized carbons (Fsp3) is 0.556.